The van der Waals surface area contributed by atoms with Crippen LogP contribution in [0.2, 0.25) is 0 Å². The third-order valence-electron chi connectivity index (χ3n) is 4.73. The highest BCUT2D eigenvalue weighted by Gasteiger charge is 2.21. The molecule has 1 aromatic carbocycles. The summed E-state index contributed by atoms with van der Waals surface area (Å²) in [6, 6.07) is 8.98. The summed E-state index contributed by atoms with van der Waals surface area (Å²) >= 11 is 2.89. The zero-order chi connectivity index (χ0) is 21.7. The molecular formula is C21H25N3O3S3. The van der Waals surface area contributed by atoms with Gasteiger partial charge in [0.15, 0.2) is 15.0 Å². The Balaban J connectivity index is 1.97. The fraction of sp³-hybridized carbons (Fsp3) is 0.333. The molecule has 0 unspecified atom stereocenters. The summed E-state index contributed by atoms with van der Waals surface area (Å²) in [6.07, 6.45) is 4.53. The van der Waals surface area contributed by atoms with E-state index in [1.54, 1.807) is 40.5 Å². The predicted molar refractivity (Wildman–Crippen MR) is 126 cm³/mol. The Hall–Kier alpha value is -2.07. The third-order valence-corrected chi connectivity index (χ3v) is 7.74. The summed E-state index contributed by atoms with van der Waals surface area (Å²) < 4.78 is 25.1. The van der Waals surface area contributed by atoms with E-state index in [9.17, 15) is 13.2 Å². The summed E-state index contributed by atoms with van der Waals surface area (Å²) in [6.45, 7) is 7.14. The maximum atomic E-state index is 13.1. The zero-order valence-electron chi connectivity index (χ0n) is 17.2. The summed E-state index contributed by atoms with van der Waals surface area (Å²) in [4.78, 5) is 22.7. The topological polar surface area (TPSA) is 70.6 Å². The summed E-state index contributed by atoms with van der Waals surface area (Å²) in [5.74, 6) is -0.171. The number of thiazole rings is 1. The monoisotopic (exact) mass is 463 g/mol. The van der Waals surface area contributed by atoms with Crippen molar-refractivity contribution in [3.05, 3.63) is 46.7 Å². The highest BCUT2D eigenvalue weighted by atomic mass is 32.2. The predicted octanol–water partition coefficient (Wildman–Crippen LogP) is 4.15. The van der Waals surface area contributed by atoms with Crippen LogP contribution in [-0.4, -0.2) is 56.6 Å². The number of likely N-dealkylation sites (N-methyl/N-ethyl adjacent to an activating group) is 1. The number of carbonyl (C=O) groups excluding carboxylic acids is 1. The average molecular weight is 464 g/mol. The molecule has 0 radical (unpaired) electrons. The molecule has 0 aliphatic carbocycles. The Kier molecular flexibility index (Phi) is 7.41. The van der Waals surface area contributed by atoms with Gasteiger partial charge in [-0.3, -0.25) is 9.69 Å². The number of thiophene rings is 1. The highest BCUT2D eigenvalue weighted by Crippen LogP contribution is 2.32. The SMILES string of the molecule is CCN(CC)CCN(C(=O)/C=C/c1cccs1)c1nc2c(S(C)(=O)=O)cccc2s1. The van der Waals surface area contributed by atoms with Crippen molar-refractivity contribution in [2.75, 3.05) is 37.3 Å². The smallest absolute Gasteiger partial charge is 0.252 e. The molecule has 3 aromatic rings. The number of anilines is 1. The maximum Gasteiger partial charge on any atom is 0.252 e. The first kappa shape index (κ1) is 22.6. The van der Waals surface area contributed by atoms with Gasteiger partial charge in [-0.15, -0.1) is 11.3 Å². The van der Waals surface area contributed by atoms with E-state index in [2.05, 4.69) is 23.7 Å². The van der Waals surface area contributed by atoms with Crippen LogP contribution in [-0.2, 0) is 14.6 Å². The number of hydrogen-bond acceptors (Lipinski definition) is 7. The van der Waals surface area contributed by atoms with E-state index >= 15 is 0 Å². The van der Waals surface area contributed by atoms with Gasteiger partial charge >= 0.3 is 0 Å². The largest absolute Gasteiger partial charge is 0.302 e. The first-order valence-corrected chi connectivity index (χ1v) is 13.3. The van der Waals surface area contributed by atoms with Gasteiger partial charge < -0.3 is 4.90 Å². The standard InChI is InChI=1S/C21H25N3O3S3/c1-4-23(5-2)13-14-24(19(25)12-11-16-8-7-15-28-16)21-22-20-17(29-21)9-6-10-18(20)30(3,26)27/h6-12,15H,4-5,13-14H2,1-3H3/b12-11+. The molecule has 3 rings (SSSR count). The fourth-order valence-corrected chi connectivity index (χ4v) is 5.58. The van der Waals surface area contributed by atoms with Crippen molar-refractivity contribution in [1.82, 2.24) is 9.88 Å². The van der Waals surface area contributed by atoms with Crippen molar-refractivity contribution in [2.24, 2.45) is 0 Å². The molecular weight excluding hydrogens is 438 g/mol. The molecule has 0 saturated heterocycles. The van der Waals surface area contributed by atoms with Crippen LogP contribution in [0.5, 0.6) is 0 Å². The number of rotatable bonds is 9. The summed E-state index contributed by atoms with van der Waals surface area (Å²) in [5.41, 5.74) is 0.419. The van der Waals surface area contributed by atoms with Crippen LogP contribution < -0.4 is 4.90 Å². The Labute approximate surface area is 185 Å². The van der Waals surface area contributed by atoms with Gasteiger partial charge in [-0.1, -0.05) is 37.3 Å². The van der Waals surface area contributed by atoms with Crippen LogP contribution >= 0.6 is 22.7 Å². The number of carbonyl (C=O) groups is 1. The number of sulfone groups is 1. The second-order valence-corrected chi connectivity index (χ2v) is 10.7. The Morgan fingerprint density at radius 2 is 1.90 bits per heavy atom. The second kappa shape index (κ2) is 9.82. The lowest BCUT2D eigenvalue weighted by molar-refractivity contribution is -0.114. The number of amides is 1. The van der Waals surface area contributed by atoms with E-state index in [0.717, 1.165) is 22.7 Å². The molecule has 0 aliphatic rings. The van der Waals surface area contributed by atoms with E-state index in [-0.39, 0.29) is 10.8 Å². The molecule has 0 saturated carbocycles. The quantitative estimate of drug-likeness (QED) is 0.446. The van der Waals surface area contributed by atoms with Crippen molar-refractivity contribution >= 4 is 59.8 Å². The molecule has 1 amide bonds. The molecule has 0 N–H and O–H groups in total. The minimum atomic E-state index is -3.42. The van der Waals surface area contributed by atoms with Gasteiger partial charge in [0.25, 0.3) is 5.91 Å². The summed E-state index contributed by atoms with van der Waals surface area (Å²) in [5, 5.41) is 2.47. The Morgan fingerprint density at radius 1 is 1.13 bits per heavy atom. The molecule has 2 aromatic heterocycles. The van der Waals surface area contributed by atoms with Gasteiger partial charge in [0.2, 0.25) is 0 Å². The number of benzene rings is 1. The van der Waals surface area contributed by atoms with Gasteiger partial charge in [0.05, 0.1) is 9.60 Å². The van der Waals surface area contributed by atoms with Crippen molar-refractivity contribution in [3.63, 3.8) is 0 Å². The first-order valence-electron chi connectivity index (χ1n) is 9.68. The second-order valence-electron chi connectivity index (χ2n) is 6.74. The van der Waals surface area contributed by atoms with Crippen LogP contribution in [0, 0.1) is 0 Å². The van der Waals surface area contributed by atoms with Crippen molar-refractivity contribution in [3.8, 4) is 0 Å². The van der Waals surface area contributed by atoms with Gasteiger partial charge in [-0.25, -0.2) is 13.4 Å². The minimum Gasteiger partial charge on any atom is -0.302 e. The fourth-order valence-electron chi connectivity index (χ4n) is 3.04. The first-order chi connectivity index (χ1) is 14.3. The Morgan fingerprint density at radius 3 is 2.53 bits per heavy atom. The van der Waals surface area contributed by atoms with E-state index in [0.29, 0.717) is 23.7 Å². The van der Waals surface area contributed by atoms with Gasteiger partial charge in [0.1, 0.15) is 5.52 Å². The molecule has 0 spiro atoms. The lowest BCUT2D eigenvalue weighted by atomic mass is 10.3. The number of nitrogens with zero attached hydrogens (tertiary/aromatic N) is 3. The average Bonchev–Trinajstić information content (AvgIpc) is 3.37. The molecule has 0 atom stereocenters. The number of fused-ring (bicyclic) bond motifs is 1. The molecule has 2 heterocycles. The molecule has 6 nitrogen and oxygen atoms in total. The van der Waals surface area contributed by atoms with Crippen LogP contribution in [0.1, 0.15) is 18.7 Å². The van der Waals surface area contributed by atoms with Crippen LogP contribution in [0.3, 0.4) is 0 Å². The van der Waals surface area contributed by atoms with Crippen LogP contribution in [0.25, 0.3) is 16.3 Å². The normalized spacial score (nSPS) is 12.3. The van der Waals surface area contributed by atoms with E-state index in [4.69, 9.17) is 0 Å². The van der Waals surface area contributed by atoms with Crippen molar-refractivity contribution in [2.45, 2.75) is 18.7 Å². The zero-order valence-corrected chi connectivity index (χ0v) is 19.7. The van der Waals surface area contributed by atoms with E-state index in [1.807, 2.05) is 23.6 Å². The molecule has 0 fully saturated rings. The van der Waals surface area contributed by atoms with Crippen molar-refractivity contribution in [1.29, 1.82) is 0 Å². The molecule has 0 aliphatic heterocycles. The number of hydrogen-bond donors (Lipinski definition) is 0. The maximum absolute atomic E-state index is 13.1. The minimum absolute atomic E-state index is 0.171. The lowest BCUT2D eigenvalue weighted by Crippen LogP contribution is -2.38. The third kappa shape index (κ3) is 5.34. The van der Waals surface area contributed by atoms with E-state index in [1.165, 1.54) is 17.6 Å². The molecule has 9 heteroatoms. The molecule has 30 heavy (non-hydrogen) atoms. The molecule has 160 valence electrons. The van der Waals surface area contributed by atoms with Crippen LogP contribution in [0.15, 0.2) is 46.7 Å². The van der Waals surface area contributed by atoms with Crippen molar-refractivity contribution < 1.29 is 13.2 Å². The Bertz CT molecular complexity index is 1130. The van der Waals surface area contributed by atoms with Gasteiger partial charge in [0, 0.05) is 30.3 Å². The number of para-hydroxylation sites is 1. The summed E-state index contributed by atoms with van der Waals surface area (Å²) in [7, 11) is -3.42. The lowest BCUT2D eigenvalue weighted by Gasteiger charge is -2.23. The van der Waals surface area contributed by atoms with Gasteiger partial charge in [-0.05, 0) is 42.7 Å². The molecule has 0 bridgehead atoms. The van der Waals surface area contributed by atoms with Gasteiger partial charge in [-0.2, -0.15) is 0 Å². The number of aromatic nitrogens is 1. The van der Waals surface area contributed by atoms with E-state index < -0.39 is 9.84 Å². The highest BCUT2D eigenvalue weighted by molar-refractivity contribution is 7.91. The van der Waals surface area contributed by atoms with Crippen LogP contribution in [0.4, 0.5) is 5.13 Å².